The summed E-state index contributed by atoms with van der Waals surface area (Å²) in [6.07, 6.45) is 1.70. The van der Waals surface area contributed by atoms with Crippen LogP contribution in [-0.4, -0.2) is 12.2 Å². The molecule has 3 nitrogen and oxygen atoms in total. The van der Waals surface area contributed by atoms with E-state index in [1.54, 1.807) is 29.4 Å². The summed E-state index contributed by atoms with van der Waals surface area (Å²) in [4.78, 5) is 1.78. The lowest BCUT2D eigenvalue weighted by atomic mass is 10.2. The standard InChI is InChI=1S/C15H12ClNO2/c1-17(13-8-11(16)6-7-14(13)18)15-12-5-3-2-4-10(12)9-19-15/h2-9,18H,1H3. The largest absolute Gasteiger partial charge is 0.506 e. The van der Waals surface area contributed by atoms with Gasteiger partial charge in [0.05, 0.1) is 5.69 Å². The van der Waals surface area contributed by atoms with Gasteiger partial charge in [-0.3, -0.25) is 0 Å². The molecule has 4 heteroatoms. The fourth-order valence-electron chi connectivity index (χ4n) is 2.11. The van der Waals surface area contributed by atoms with Crippen molar-refractivity contribution in [1.29, 1.82) is 0 Å². The van der Waals surface area contributed by atoms with Crippen LogP contribution in [0.4, 0.5) is 11.6 Å². The molecule has 96 valence electrons. The number of fused-ring (bicyclic) bond motifs is 1. The highest BCUT2D eigenvalue weighted by Gasteiger charge is 2.15. The van der Waals surface area contributed by atoms with Crippen molar-refractivity contribution in [3.05, 3.63) is 53.8 Å². The zero-order valence-corrected chi connectivity index (χ0v) is 11.1. The van der Waals surface area contributed by atoms with Gasteiger partial charge in [0, 0.05) is 22.8 Å². The zero-order chi connectivity index (χ0) is 13.4. The highest BCUT2D eigenvalue weighted by atomic mass is 35.5. The van der Waals surface area contributed by atoms with Gasteiger partial charge >= 0.3 is 0 Å². The molecule has 3 aromatic rings. The molecule has 1 aromatic heterocycles. The van der Waals surface area contributed by atoms with Crippen molar-refractivity contribution in [2.75, 3.05) is 11.9 Å². The van der Waals surface area contributed by atoms with Crippen molar-refractivity contribution < 1.29 is 9.52 Å². The molecular formula is C15H12ClNO2. The van der Waals surface area contributed by atoms with E-state index >= 15 is 0 Å². The van der Waals surface area contributed by atoms with E-state index in [0.29, 0.717) is 16.6 Å². The average molecular weight is 274 g/mol. The molecule has 1 heterocycles. The van der Waals surface area contributed by atoms with Crippen LogP contribution in [-0.2, 0) is 0 Å². The number of furan rings is 1. The number of hydrogen-bond donors (Lipinski definition) is 1. The number of halogens is 1. The highest BCUT2D eigenvalue weighted by molar-refractivity contribution is 6.31. The Morgan fingerprint density at radius 2 is 1.95 bits per heavy atom. The Morgan fingerprint density at radius 1 is 1.16 bits per heavy atom. The monoisotopic (exact) mass is 273 g/mol. The van der Waals surface area contributed by atoms with Gasteiger partial charge in [-0.1, -0.05) is 29.8 Å². The quantitative estimate of drug-likeness (QED) is 0.744. The topological polar surface area (TPSA) is 36.6 Å². The minimum Gasteiger partial charge on any atom is -0.506 e. The molecule has 2 aromatic carbocycles. The molecule has 0 aliphatic rings. The Balaban J connectivity index is 2.13. The summed E-state index contributed by atoms with van der Waals surface area (Å²) in [5.74, 6) is 0.834. The minimum absolute atomic E-state index is 0.160. The molecule has 0 radical (unpaired) electrons. The smallest absolute Gasteiger partial charge is 0.207 e. The summed E-state index contributed by atoms with van der Waals surface area (Å²) < 4.78 is 5.60. The Morgan fingerprint density at radius 3 is 2.79 bits per heavy atom. The third-order valence-electron chi connectivity index (χ3n) is 3.09. The molecule has 0 aliphatic carbocycles. The molecule has 0 amide bonds. The SMILES string of the molecule is CN(c1cc(Cl)ccc1O)c1occ2ccccc12. The first-order valence-electron chi connectivity index (χ1n) is 5.85. The van der Waals surface area contributed by atoms with E-state index in [1.807, 2.05) is 31.3 Å². The van der Waals surface area contributed by atoms with Gasteiger partial charge in [-0.15, -0.1) is 0 Å². The number of phenols is 1. The van der Waals surface area contributed by atoms with E-state index < -0.39 is 0 Å². The van der Waals surface area contributed by atoms with Crippen molar-refractivity contribution in [2.45, 2.75) is 0 Å². The summed E-state index contributed by atoms with van der Waals surface area (Å²) in [6.45, 7) is 0. The predicted octanol–water partition coefficient (Wildman–Crippen LogP) is 4.56. The van der Waals surface area contributed by atoms with Gasteiger partial charge in [-0.05, 0) is 24.3 Å². The first-order valence-corrected chi connectivity index (χ1v) is 6.23. The average Bonchev–Trinajstić information content (AvgIpc) is 2.84. The van der Waals surface area contributed by atoms with Gasteiger partial charge in [0.25, 0.3) is 0 Å². The van der Waals surface area contributed by atoms with Gasteiger partial charge in [0.15, 0.2) is 0 Å². The molecule has 0 fully saturated rings. The zero-order valence-electron chi connectivity index (χ0n) is 10.3. The van der Waals surface area contributed by atoms with Gasteiger partial charge in [0.1, 0.15) is 12.0 Å². The third kappa shape index (κ3) is 2.02. The van der Waals surface area contributed by atoms with Gasteiger partial charge < -0.3 is 14.4 Å². The van der Waals surface area contributed by atoms with Crippen molar-refractivity contribution in [2.24, 2.45) is 0 Å². The fraction of sp³-hybridized carbons (Fsp3) is 0.0667. The maximum Gasteiger partial charge on any atom is 0.207 e. The van der Waals surface area contributed by atoms with Crippen molar-refractivity contribution in [1.82, 2.24) is 0 Å². The molecule has 0 saturated carbocycles. The van der Waals surface area contributed by atoms with Crippen LogP contribution < -0.4 is 4.90 Å². The second kappa shape index (κ2) is 4.52. The number of benzene rings is 2. The van der Waals surface area contributed by atoms with Crippen LogP contribution in [0.5, 0.6) is 5.75 Å². The van der Waals surface area contributed by atoms with Crippen LogP contribution in [0.15, 0.2) is 53.1 Å². The highest BCUT2D eigenvalue weighted by Crippen LogP contribution is 2.37. The molecule has 0 bridgehead atoms. The molecule has 19 heavy (non-hydrogen) atoms. The molecule has 0 unspecified atom stereocenters. The van der Waals surface area contributed by atoms with Crippen LogP contribution in [0.2, 0.25) is 5.02 Å². The van der Waals surface area contributed by atoms with E-state index in [2.05, 4.69) is 0 Å². The number of nitrogens with zero attached hydrogens (tertiary/aromatic N) is 1. The summed E-state index contributed by atoms with van der Waals surface area (Å²) >= 11 is 5.97. The fourth-order valence-corrected chi connectivity index (χ4v) is 2.28. The van der Waals surface area contributed by atoms with Crippen molar-refractivity contribution in [3.63, 3.8) is 0 Å². The molecule has 0 saturated heterocycles. The van der Waals surface area contributed by atoms with Crippen molar-refractivity contribution >= 4 is 33.9 Å². The van der Waals surface area contributed by atoms with E-state index in [9.17, 15) is 5.11 Å². The van der Waals surface area contributed by atoms with Gasteiger partial charge in [-0.25, -0.2) is 0 Å². The molecule has 0 atom stereocenters. The maximum absolute atomic E-state index is 9.93. The second-order valence-electron chi connectivity index (χ2n) is 4.32. The first-order chi connectivity index (χ1) is 9.16. The summed E-state index contributed by atoms with van der Waals surface area (Å²) in [7, 11) is 1.83. The minimum atomic E-state index is 0.160. The lowest BCUT2D eigenvalue weighted by Crippen LogP contribution is -2.08. The van der Waals surface area contributed by atoms with E-state index in [1.165, 1.54) is 0 Å². The Hall–Kier alpha value is -2.13. The second-order valence-corrected chi connectivity index (χ2v) is 4.76. The number of hydrogen-bond acceptors (Lipinski definition) is 3. The Kier molecular flexibility index (Phi) is 2.84. The van der Waals surface area contributed by atoms with Crippen LogP contribution in [0, 0.1) is 0 Å². The lowest BCUT2D eigenvalue weighted by Gasteiger charge is -2.18. The molecule has 0 aliphatic heterocycles. The molecule has 1 N–H and O–H groups in total. The van der Waals surface area contributed by atoms with Crippen molar-refractivity contribution in [3.8, 4) is 5.75 Å². The van der Waals surface area contributed by atoms with Crippen LogP contribution in [0.1, 0.15) is 0 Å². The Bertz CT molecular complexity index is 736. The maximum atomic E-state index is 9.93. The van der Waals surface area contributed by atoms with E-state index in [0.717, 1.165) is 10.8 Å². The molecular weight excluding hydrogens is 262 g/mol. The third-order valence-corrected chi connectivity index (χ3v) is 3.33. The number of rotatable bonds is 2. The number of anilines is 2. The van der Waals surface area contributed by atoms with E-state index in [4.69, 9.17) is 16.0 Å². The summed E-state index contributed by atoms with van der Waals surface area (Å²) in [5.41, 5.74) is 0.604. The van der Waals surface area contributed by atoms with Crippen LogP contribution >= 0.6 is 11.6 Å². The summed E-state index contributed by atoms with van der Waals surface area (Å²) in [6, 6.07) is 12.8. The van der Waals surface area contributed by atoms with Crippen LogP contribution in [0.25, 0.3) is 10.8 Å². The lowest BCUT2D eigenvalue weighted by molar-refractivity contribution is 0.474. The predicted molar refractivity (Wildman–Crippen MR) is 77.4 cm³/mol. The van der Waals surface area contributed by atoms with E-state index in [-0.39, 0.29) is 5.75 Å². The number of phenolic OH excluding ortho intramolecular Hbond substituents is 1. The summed E-state index contributed by atoms with van der Waals surface area (Å²) in [5, 5.41) is 12.5. The molecule has 0 spiro atoms. The van der Waals surface area contributed by atoms with Gasteiger partial charge in [0.2, 0.25) is 5.88 Å². The van der Waals surface area contributed by atoms with Crippen LogP contribution in [0.3, 0.4) is 0 Å². The normalized spacial score (nSPS) is 10.8. The number of aromatic hydroxyl groups is 1. The molecule has 3 rings (SSSR count). The van der Waals surface area contributed by atoms with Gasteiger partial charge in [-0.2, -0.15) is 0 Å². The first kappa shape index (κ1) is 11.9. The Labute approximate surface area is 115 Å².